The number of hydrogen-bond donors (Lipinski definition) is 2. The van der Waals surface area contributed by atoms with Crippen LogP contribution in [0.25, 0.3) is 0 Å². The fourth-order valence-corrected chi connectivity index (χ4v) is 4.03. The van der Waals surface area contributed by atoms with Crippen LogP contribution in [0.4, 0.5) is 9.59 Å². The van der Waals surface area contributed by atoms with Crippen molar-refractivity contribution in [2.24, 2.45) is 5.92 Å². The average molecular weight is 445 g/mol. The topological polar surface area (TPSA) is 108 Å². The minimum absolute atomic E-state index is 0.0151. The molecule has 0 aromatic heterocycles. The molecule has 2 aliphatic rings. The molecule has 0 bridgehead atoms. The van der Waals surface area contributed by atoms with Gasteiger partial charge in [-0.05, 0) is 57.2 Å². The zero-order valence-corrected chi connectivity index (χ0v) is 19.1. The van der Waals surface area contributed by atoms with Gasteiger partial charge in [-0.3, -0.25) is 14.5 Å². The lowest BCUT2D eigenvalue weighted by Crippen LogP contribution is -2.53. The molecule has 9 heteroatoms. The lowest BCUT2D eigenvalue weighted by Gasteiger charge is -2.40. The van der Waals surface area contributed by atoms with E-state index < -0.39 is 17.7 Å². The van der Waals surface area contributed by atoms with Gasteiger partial charge in [0, 0.05) is 18.7 Å². The third-order valence-corrected chi connectivity index (χ3v) is 5.71. The summed E-state index contributed by atoms with van der Waals surface area (Å²) in [6.45, 7) is 8.63. The van der Waals surface area contributed by atoms with E-state index >= 15 is 0 Å². The number of carbonyl (C=O) groups excluding carboxylic acids is 4. The number of ether oxygens (including phenoxy) is 1. The van der Waals surface area contributed by atoms with Crippen molar-refractivity contribution in [2.45, 2.75) is 58.7 Å². The summed E-state index contributed by atoms with van der Waals surface area (Å²) in [5.74, 6) is -0.131. The molecule has 3 rings (SSSR count). The Morgan fingerprint density at radius 2 is 1.88 bits per heavy atom. The van der Waals surface area contributed by atoms with Crippen LogP contribution in [-0.2, 0) is 16.1 Å². The number of imide groups is 1. The monoisotopic (exact) mass is 444 g/mol. The quantitative estimate of drug-likeness (QED) is 0.679. The van der Waals surface area contributed by atoms with E-state index in [2.05, 4.69) is 17.6 Å². The highest BCUT2D eigenvalue weighted by molar-refractivity contribution is 6.01. The van der Waals surface area contributed by atoms with Crippen LogP contribution in [0.5, 0.6) is 0 Å². The molecule has 0 radical (unpaired) electrons. The molecule has 0 aliphatic carbocycles. The van der Waals surface area contributed by atoms with Crippen molar-refractivity contribution >= 4 is 23.9 Å². The van der Waals surface area contributed by atoms with Gasteiger partial charge in [0.25, 0.3) is 5.91 Å². The third-order valence-electron chi connectivity index (χ3n) is 5.71. The minimum atomic E-state index is -0.583. The van der Waals surface area contributed by atoms with E-state index in [1.807, 2.05) is 4.90 Å². The van der Waals surface area contributed by atoms with Crippen molar-refractivity contribution in [1.29, 1.82) is 0 Å². The lowest BCUT2D eigenvalue weighted by atomic mass is 9.90. The summed E-state index contributed by atoms with van der Waals surface area (Å²) in [5, 5.41) is 5.29. The number of likely N-dealkylation sites (tertiary alicyclic amines) is 1. The SMILES string of the molecule is C[C@H]1CCCN(C(=O)c2ccc(CN3C(=O)CNC3=O)cc2)[C@@H]1CNC(=O)OC(C)(C)C. The van der Waals surface area contributed by atoms with Gasteiger partial charge in [0.1, 0.15) is 5.60 Å². The van der Waals surface area contributed by atoms with Gasteiger partial charge >= 0.3 is 12.1 Å². The van der Waals surface area contributed by atoms with Crippen molar-refractivity contribution < 1.29 is 23.9 Å². The molecule has 2 aliphatic heterocycles. The van der Waals surface area contributed by atoms with Gasteiger partial charge in [0.15, 0.2) is 0 Å². The number of alkyl carbamates (subject to hydrolysis) is 1. The molecule has 32 heavy (non-hydrogen) atoms. The molecule has 1 aromatic carbocycles. The molecule has 174 valence electrons. The van der Waals surface area contributed by atoms with E-state index in [0.717, 1.165) is 23.3 Å². The van der Waals surface area contributed by atoms with Crippen LogP contribution in [0.15, 0.2) is 24.3 Å². The second-order valence-corrected chi connectivity index (χ2v) is 9.40. The summed E-state index contributed by atoms with van der Waals surface area (Å²) in [5.41, 5.74) is 0.712. The van der Waals surface area contributed by atoms with Crippen molar-refractivity contribution in [2.75, 3.05) is 19.6 Å². The molecule has 0 unspecified atom stereocenters. The number of nitrogens with zero attached hydrogens (tertiary/aromatic N) is 2. The van der Waals surface area contributed by atoms with Crippen LogP contribution < -0.4 is 10.6 Å². The lowest BCUT2D eigenvalue weighted by molar-refractivity contribution is -0.125. The smallest absolute Gasteiger partial charge is 0.407 e. The number of benzene rings is 1. The maximum absolute atomic E-state index is 13.2. The van der Waals surface area contributed by atoms with E-state index in [-0.39, 0.29) is 36.9 Å². The predicted octanol–water partition coefficient (Wildman–Crippen LogP) is 2.50. The van der Waals surface area contributed by atoms with Crippen LogP contribution in [0.1, 0.15) is 56.5 Å². The number of nitrogens with one attached hydrogen (secondary N) is 2. The first-order valence-corrected chi connectivity index (χ1v) is 11.0. The molecule has 0 spiro atoms. The molecule has 9 nitrogen and oxygen atoms in total. The molecule has 2 N–H and O–H groups in total. The molecule has 2 fully saturated rings. The van der Waals surface area contributed by atoms with E-state index in [9.17, 15) is 19.2 Å². The van der Waals surface area contributed by atoms with E-state index in [1.165, 1.54) is 0 Å². The van der Waals surface area contributed by atoms with Crippen molar-refractivity contribution in [1.82, 2.24) is 20.4 Å². The highest BCUT2D eigenvalue weighted by atomic mass is 16.6. The molecule has 2 heterocycles. The van der Waals surface area contributed by atoms with E-state index in [4.69, 9.17) is 4.74 Å². The molecular weight excluding hydrogens is 412 g/mol. The first-order valence-electron chi connectivity index (χ1n) is 11.0. The highest BCUT2D eigenvalue weighted by Gasteiger charge is 2.33. The number of carbonyl (C=O) groups is 4. The van der Waals surface area contributed by atoms with Crippen LogP contribution in [0, 0.1) is 5.92 Å². The number of piperidine rings is 1. The summed E-state index contributed by atoms with van der Waals surface area (Å²) in [7, 11) is 0. The van der Waals surface area contributed by atoms with Crippen molar-refractivity contribution in [3.8, 4) is 0 Å². The second-order valence-electron chi connectivity index (χ2n) is 9.40. The van der Waals surface area contributed by atoms with Crippen LogP contribution in [0.2, 0.25) is 0 Å². The molecule has 5 amide bonds. The first-order chi connectivity index (χ1) is 15.0. The number of urea groups is 1. The third kappa shape index (κ3) is 5.77. The maximum atomic E-state index is 13.2. The molecular formula is C23H32N4O5. The predicted molar refractivity (Wildman–Crippen MR) is 118 cm³/mol. The van der Waals surface area contributed by atoms with Crippen molar-refractivity contribution in [3.63, 3.8) is 0 Å². The Labute approximate surface area is 188 Å². The molecule has 0 saturated carbocycles. The van der Waals surface area contributed by atoms with Gasteiger partial charge in [0.05, 0.1) is 19.1 Å². The standard InChI is InChI=1S/C23H32N4O5/c1-15-6-5-11-26(18(15)12-25-22(31)32-23(2,3)4)20(29)17-9-7-16(8-10-17)14-27-19(28)13-24-21(27)30/h7-10,15,18H,5-6,11-14H2,1-4H3,(H,24,30)(H,25,31)/t15-,18+/m0/s1. The van der Waals surface area contributed by atoms with Gasteiger partial charge in [-0.25, -0.2) is 9.59 Å². The first kappa shape index (κ1) is 23.6. The normalized spacial score (nSPS) is 21.4. The second kappa shape index (κ2) is 9.58. The summed E-state index contributed by atoms with van der Waals surface area (Å²) >= 11 is 0. The van der Waals surface area contributed by atoms with Gasteiger partial charge in [-0.2, -0.15) is 0 Å². The Morgan fingerprint density at radius 1 is 1.19 bits per heavy atom. The van der Waals surface area contributed by atoms with E-state index in [0.29, 0.717) is 18.7 Å². The maximum Gasteiger partial charge on any atom is 0.407 e. The Hall–Kier alpha value is -3.10. The van der Waals surface area contributed by atoms with Gasteiger partial charge in [0.2, 0.25) is 5.91 Å². The largest absolute Gasteiger partial charge is 0.444 e. The summed E-state index contributed by atoms with van der Waals surface area (Å²) in [6, 6.07) is 6.41. The highest BCUT2D eigenvalue weighted by Crippen LogP contribution is 2.25. The minimum Gasteiger partial charge on any atom is -0.444 e. The van der Waals surface area contributed by atoms with Gasteiger partial charge < -0.3 is 20.3 Å². The summed E-state index contributed by atoms with van der Waals surface area (Å²) in [4.78, 5) is 51.8. The molecule has 2 atom stereocenters. The Kier molecular flexibility index (Phi) is 7.06. The zero-order chi connectivity index (χ0) is 23.5. The van der Waals surface area contributed by atoms with Crippen LogP contribution in [0.3, 0.4) is 0 Å². The fourth-order valence-electron chi connectivity index (χ4n) is 4.03. The fraction of sp³-hybridized carbons (Fsp3) is 0.565. The van der Waals surface area contributed by atoms with Crippen LogP contribution >= 0.6 is 0 Å². The Balaban J connectivity index is 1.65. The number of rotatable bonds is 5. The summed E-state index contributed by atoms with van der Waals surface area (Å²) < 4.78 is 5.32. The van der Waals surface area contributed by atoms with E-state index in [1.54, 1.807) is 45.0 Å². The Bertz CT molecular complexity index is 861. The van der Waals surface area contributed by atoms with Crippen molar-refractivity contribution in [3.05, 3.63) is 35.4 Å². The zero-order valence-electron chi connectivity index (χ0n) is 19.1. The number of amides is 5. The average Bonchev–Trinajstić information content (AvgIpc) is 3.03. The van der Waals surface area contributed by atoms with Crippen LogP contribution in [-0.4, -0.2) is 65.0 Å². The molecule has 2 saturated heterocycles. The van der Waals surface area contributed by atoms with Gasteiger partial charge in [-0.1, -0.05) is 19.1 Å². The van der Waals surface area contributed by atoms with Gasteiger partial charge in [-0.15, -0.1) is 0 Å². The Morgan fingerprint density at radius 3 is 2.47 bits per heavy atom. The summed E-state index contributed by atoms with van der Waals surface area (Å²) in [6.07, 6.45) is 1.39. The molecule has 1 aromatic rings. The number of hydrogen-bond acceptors (Lipinski definition) is 5.